The van der Waals surface area contributed by atoms with Crippen molar-refractivity contribution in [1.82, 2.24) is 5.32 Å². The number of nitrogens with one attached hydrogen (secondary N) is 1. The Morgan fingerprint density at radius 1 is 1.33 bits per heavy atom. The molecule has 8 heteroatoms. The van der Waals surface area contributed by atoms with Gasteiger partial charge < -0.3 is 20.3 Å². The van der Waals surface area contributed by atoms with E-state index >= 15 is 0 Å². The summed E-state index contributed by atoms with van der Waals surface area (Å²) < 4.78 is 0. The Morgan fingerprint density at radius 2 is 1.58 bits per heavy atom. The molecule has 0 aromatic carbocycles. The molecule has 0 atom stereocenters. The molecule has 0 aromatic rings. The van der Waals surface area contributed by atoms with E-state index in [9.17, 15) is 4.79 Å². The average molecular weight is 433 g/mol. The summed E-state index contributed by atoms with van der Waals surface area (Å²) in [5, 5.41) is 19.0. The summed E-state index contributed by atoms with van der Waals surface area (Å²) >= 11 is 5.04. The molecule has 0 rings (SSSR count). The summed E-state index contributed by atoms with van der Waals surface area (Å²) in [5.74, 6) is -0.0899. The second kappa shape index (κ2) is 19.7. The van der Waals surface area contributed by atoms with Crippen molar-refractivity contribution < 1.29 is 158 Å². The molecule has 0 heterocycles. The van der Waals surface area contributed by atoms with Gasteiger partial charge in [-0.2, -0.15) is 0 Å². The quantitative estimate of drug-likeness (QED) is 0.416. The summed E-state index contributed by atoms with van der Waals surface area (Å²) in [6.07, 6.45) is -2.33. The number of amides is 1. The van der Waals surface area contributed by atoms with Gasteiger partial charge in [0.25, 0.3) is 0 Å². The predicted molar refractivity (Wildman–Crippen MR) is 30.2 cm³/mol. The average Bonchev–Trinajstić information content (AvgIpc) is 1.85. The minimum atomic E-state index is -2.33. The second-order valence-corrected chi connectivity index (χ2v) is 1.32. The van der Waals surface area contributed by atoms with Crippen molar-refractivity contribution in [3.05, 3.63) is 0 Å². The first-order valence-electron chi connectivity index (χ1n) is 2.19. The van der Waals surface area contributed by atoms with Crippen molar-refractivity contribution in [2.24, 2.45) is 0 Å². The van der Waals surface area contributed by atoms with E-state index in [0.717, 1.165) is 0 Å². The number of carbonyl (C=O) groups excluding carboxylic acids is 2. The number of carboxylic acid groups (broad SMARTS) is 2. The number of hydrogen-bond acceptors (Lipinski definition) is 4. The minimum Gasteiger partial charge on any atom is -0.652 e. The van der Waals surface area contributed by atoms with Gasteiger partial charge in [-0.05, 0) is 6.16 Å². The van der Waals surface area contributed by atoms with Crippen LogP contribution >= 0.6 is 11.6 Å². The van der Waals surface area contributed by atoms with E-state index in [0.29, 0.717) is 0 Å². The number of rotatable bonds is 1. The summed E-state index contributed by atoms with van der Waals surface area (Å²) in [6.45, 7) is 0. The number of hydrogen-bond donors (Lipinski definition) is 1. The van der Waals surface area contributed by atoms with Crippen LogP contribution < -0.4 is 153 Å². The van der Waals surface area contributed by atoms with Gasteiger partial charge >= 0.3 is 138 Å². The molecule has 0 spiro atoms. The molecule has 0 fully saturated rings. The molecule has 0 aliphatic heterocycles. The minimum absolute atomic E-state index is 0. The zero-order valence-electron chi connectivity index (χ0n) is 7.22. The Labute approximate surface area is 193 Å². The molecule has 1 amide bonds. The summed E-state index contributed by atoms with van der Waals surface area (Å²) in [4.78, 5) is 18.3. The van der Waals surface area contributed by atoms with Crippen LogP contribution in [0, 0.1) is 0 Å². The standard InChI is InChI=1S/C3H6ClNO.CH2O3.2Cs/c1-5-3(6)2-4;2-1(3)4;;/h2H2,1H3,(H,5,6);(H2,2,3,4);;/q;;2*+1/p-2. The predicted octanol–water partition coefficient (Wildman–Crippen LogP) is -8.47. The zero-order valence-corrected chi connectivity index (χ0v) is 20.5. The van der Waals surface area contributed by atoms with E-state index in [-0.39, 0.29) is 150 Å². The van der Waals surface area contributed by atoms with E-state index in [1.54, 1.807) is 7.05 Å². The Morgan fingerprint density at radius 3 is 1.58 bits per heavy atom. The fourth-order valence-electron chi connectivity index (χ4n) is 0.0668. The van der Waals surface area contributed by atoms with Crippen LogP contribution in [0.3, 0.4) is 0 Å². The van der Waals surface area contributed by atoms with E-state index < -0.39 is 6.16 Å². The van der Waals surface area contributed by atoms with Gasteiger partial charge in [0.2, 0.25) is 5.91 Å². The van der Waals surface area contributed by atoms with Gasteiger partial charge in [0.15, 0.2) is 0 Å². The normalized spacial score (nSPS) is 5.83. The molecular weight excluding hydrogens is 427 g/mol. The largest absolute Gasteiger partial charge is 1.00 e. The van der Waals surface area contributed by atoms with Crippen LogP contribution in [0.2, 0.25) is 0 Å². The third-order valence-corrected chi connectivity index (χ3v) is 0.643. The third-order valence-electron chi connectivity index (χ3n) is 0.400. The molecule has 0 radical (unpaired) electrons. The first-order valence-corrected chi connectivity index (χ1v) is 2.72. The molecular formula is C4H6ClCs2NO4. The van der Waals surface area contributed by atoms with Crippen molar-refractivity contribution in [1.29, 1.82) is 0 Å². The van der Waals surface area contributed by atoms with Gasteiger partial charge in [0, 0.05) is 7.05 Å². The van der Waals surface area contributed by atoms with E-state index in [2.05, 4.69) is 5.32 Å². The van der Waals surface area contributed by atoms with Gasteiger partial charge in [-0.3, -0.25) is 4.79 Å². The van der Waals surface area contributed by atoms with Crippen LogP contribution in [0.25, 0.3) is 0 Å². The fourth-order valence-corrected chi connectivity index (χ4v) is 0.200. The van der Waals surface area contributed by atoms with Gasteiger partial charge in [0.1, 0.15) is 5.88 Å². The van der Waals surface area contributed by atoms with Crippen LogP contribution in [0.15, 0.2) is 0 Å². The smallest absolute Gasteiger partial charge is 0.652 e. The Balaban J connectivity index is -0.0000000483. The maximum atomic E-state index is 9.94. The zero-order chi connectivity index (χ0) is 8.57. The van der Waals surface area contributed by atoms with E-state index in [1.807, 2.05) is 0 Å². The van der Waals surface area contributed by atoms with Crippen molar-refractivity contribution in [2.75, 3.05) is 12.9 Å². The van der Waals surface area contributed by atoms with Crippen LogP contribution in [-0.4, -0.2) is 25.0 Å². The summed E-state index contributed by atoms with van der Waals surface area (Å²) in [5.41, 5.74) is 0. The van der Waals surface area contributed by atoms with Crippen molar-refractivity contribution in [2.45, 2.75) is 0 Å². The third kappa shape index (κ3) is 38.0. The number of carbonyl (C=O) groups is 2. The topological polar surface area (TPSA) is 92.3 Å². The molecule has 1 N–H and O–H groups in total. The van der Waals surface area contributed by atoms with Crippen LogP contribution in [-0.2, 0) is 4.79 Å². The maximum Gasteiger partial charge on any atom is 1.00 e. The van der Waals surface area contributed by atoms with E-state index in [1.165, 1.54) is 0 Å². The Kier molecular flexibility index (Phi) is 40.0. The monoisotopic (exact) mass is 433 g/mol. The molecule has 0 unspecified atom stereocenters. The maximum absolute atomic E-state index is 9.94. The SMILES string of the molecule is CNC(=O)CCl.O=C([O-])[O-].[Cs+].[Cs+]. The molecule has 0 saturated carbocycles. The Bertz CT molecular complexity index is 114. The molecule has 60 valence electrons. The van der Waals surface area contributed by atoms with Crippen LogP contribution in [0.1, 0.15) is 0 Å². The van der Waals surface area contributed by atoms with Crippen LogP contribution in [0.4, 0.5) is 4.79 Å². The molecule has 0 aromatic heterocycles. The summed E-state index contributed by atoms with van der Waals surface area (Å²) in [6, 6.07) is 0. The molecule has 0 bridgehead atoms. The fraction of sp³-hybridized carbons (Fsp3) is 0.500. The summed E-state index contributed by atoms with van der Waals surface area (Å²) in [7, 11) is 1.55. The second-order valence-electron chi connectivity index (χ2n) is 1.06. The van der Waals surface area contributed by atoms with Crippen molar-refractivity contribution in [3.8, 4) is 0 Å². The molecule has 12 heavy (non-hydrogen) atoms. The molecule has 5 nitrogen and oxygen atoms in total. The van der Waals surface area contributed by atoms with Crippen molar-refractivity contribution >= 4 is 23.7 Å². The number of alkyl halides is 1. The number of halogens is 1. The van der Waals surface area contributed by atoms with Crippen LogP contribution in [0.5, 0.6) is 0 Å². The van der Waals surface area contributed by atoms with Crippen molar-refractivity contribution in [3.63, 3.8) is 0 Å². The first-order chi connectivity index (χ1) is 4.54. The first kappa shape index (κ1) is 24.4. The van der Waals surface area contributed by atoms with Gasteiger partial charge in [0.05, 0.1) is 0 Å². The molecule has 0 saturated heterocycles. The van der Waals surface area contributed by atoms with Gasteiger partial charge in [-0.25, -0.2) is 0 Å². The Hall–Kier alpha value is 3.13. The van der Waals surface area contributed by atoms with Gasteiger partial charge in [-0.15, -0.1) is 11.6 Å². The van der Waals surface area contributed by atoms with E-state index in [4.69, 9.17) is 26.6 Å². The molecule has 0 aliphatic carbocycles. The molecule has 0 aliphatic rings. The van der Waals surface area contributed by atoms with Gasteiger partial charge in [-0.1, -0.05) is 0 Å².